The van der Waals surface area contributed by atoms with E-state index in [9.17, 15) is 0 Å². The number of aliphatic imine (C=N–C) groups is 1. The van der Waals surface area contributed by atoms with Crippen LogP contribution in [0.1, 0.15) is 29.0 Å². The van der Waals surface area contributed by atoms with E-state index in [1.54, 1.807) is 0 Å². The zero-order valence-electron chi connectivity index (χ0n) is 35.1. The summed E-state index contributed by atoms with van der Waals surface area (Å²) in [4.78, 5) is 5.41. The molecule has 0 aliphatic carbocycles. The minimum Gasteiger partial charge on any atom is -0.350 e. The van der Waals surface area contributed by atoms with E-state index in [0.29, 0.717) is 0 Å². The molecule has 1 heterocycles. The zero-order chi connectivity index (χ0) is 42.4. The van der Waals surface area contributed by atoms with E-state index in [2.05, 4.69) is 247 Å². The van der Waals surface area contributed by atoms with Crippen LogP contribution in [0.2, 0.25) is 0 Å². The second kappa shape index (κ2) is 16.0. The van der Waals surface area contributed by atoms with Gasteiger partial charge in [-0.2, -0.15) is 0 Å². The zero-order valence-corrected chi connectivity index (χ0v) is 35.1. The van der Waals surface area contributed by atoms with Crippen LogP contribution in [0.3, 0.4) is 0 Å². The summed E-state index contributed by atoms with van der Waals surface area (Å²) >= 11 is 0. The normalized spacial score (nSPS) is 15.0. The summed E-state index contributed by atoms with van der Waals surface area (Å²) in [6, 6.07) is 85.6. The van der Waals surface area contributed by atoms with Crippen LogP contribution in [0.5, 0.6) is 0 Å². The lowest BCUT2D eigenvalue weighted by Gasteiger charge is -2.33. The Balaban J connectivity index is 1.01. The molecule has 0 spiro atoms. The van der Waals surface area contributed by atoms with Crippen LogP contribution < -0.4 is 10.6 Å². The number of hydrogen-bond acceptors (Lipinski definition) is 3. The summed E-state index contributed by atoms with van der Waals surface area (Å²) in [6.45, 7) is 0. The van der Waals surface area contributed by atoms with Gasteiger partial charge in [0.2, 0.25) is 0 Å². The number of nitrogens with one attached hydrogen (secondary N) is 2. The minimum atomic E-state index is -0.282. The first kappa shape index (κ1) is 37.6. The molecule has 0 saturated heterocycles. The van der Waals surface area contributed by atoms with Gasteiger partial charge >= 0.3 is 0 Å². The van der Waals surface area contributed by atoms with Crippen LogP contribution in [0.25, 0.3) is 87.6 Å². The lowest BCUT2D eigenvalue weighted by atomic mass is 9.83. The number of benzene rings is 11. The molecule has 0 saturated carbocycles. The summed E-state index contributed by atoms with van der Waals surface area (Å²) in [5, 5.41) is 17.7. The van der Waals surface area contributed by atoms with Crippen molar-refractivity contribution in [2.75, 3.05) is 0 Å². The fourth-order valence-corrected chi connectivity index (χ4v) is 9.93. The highest BCUT2D eigenvalue weighted by atomic mass is 15.3. The van der Waals surface area contributed by atoms with E-state index in [4.69, 9.17) is 4.99 Å². The molecule has 2 unspecified atom stereocenters. The summed E-state index contributed by atoms with van der Waals surface area (Å²) < 4.78 is 0. The Labute approximate surface area is 373 Å². The fourth-order valence-electron chi connectivity index (χ4n) is 9.93. The average Bonchev–Trinajstić information content (AvgIpc) is 3.38. The van der Waals surface area contributed by atoms with Gasteiger partial charge in [-0.3, -0.25) is 5.32 Å². The maximum atomic E-state index is 5.41. The van der Waals surface area contributed by atoms with E-state index >= 15 is 0 Å². The minimum absolute atomic E-state index is 0.205. The van der Waals surface area contributed by atoms with Crippen molar-refractivity contribution in [2.24, 2.45) is 4.99 Å². The Morgan fingerprint density at radius 2 is 0.859 bits per heavy atom. The maximum Gasteiger partial charge on any atom is 0.131 e. The molecule has 0 aromatic heterocycles. The van der Waals surface area contributed by atoms with Crippen molar-refractivity contribution in [1.82, 2.24) is 10.6 Å². The standard InChI is InChI=1S/C61H43N3/c1-3-16-40(17-4-1)41-30-34-46(35-31-41)59-62-60(64-61(63-59)54-28-14-11-24-49(54)42-18-5-2-6-19-42)47-36-32-45(33-37-47)56-52-26-12-13-27-53(52)57(51-29-15-22-43-20-7-9-23-48(43)51)55-39-38-44-21-8-10-25-50(44)58(55)56/h1-39,59,61,63H,(H,62,64). The molecule has 2 atom stereocenters. The smallest absolute Gasteiger partial charge is 0.131 e. The van der Waals surface area contributed by atoms with E-state index in [-0.39, 0.29) is 12.3 Å². The summed E-state index contributed by atoms with van der Waals surface area (Å²) in [5.41, 5.74) is 13.0. The molecule has 3 nitrogen and oxygen atoms in total. The molecule has 64 heavy (non-hydrogen) atoms. The van der Waals surface area contributed by atoms with E-state index in [1.807, 2.05) is 0 Å². The molecular formula is C61H43N3. The largest absolute Gasteiger partial charge is 0.350 e. The second-order valence-electron chi connectivity index (χ2n) is 16.7. The first-order valence-electron chi connectivity index (χ1n) is 22.1. The quantitative estimate of drug-likeness (QED) is 0.124. The maximum absolute atomic E-state index is 5.41. The number of rotatable bonds is 7. The van der Waals surface area contributed by atoms with Gasteiger partial charge in [0.05, 0.1) is 0 Å². The van der Waals surface area contributed by atoms with Crippen LogP contribution in [-0.4, -0.2) is 5.84 Å². The number of fused-ring (bicyclic) bond motifs is 5. The molecule has 1 aliphatic rings. The van der Waals surface area contributed by atoms with E-state index in [1.165, 1.54) is 93.2 Å². The Kier molecular flexibility index (Phi) is 9.39. The third-order valence-electron chi connectivity index (χ3n) is 13.0. The molecule has 1 aliphatic heterocycles. The van der Waals surface area contributed by atoms with Crippen molar-refractivity contribution >= 4 is 48.9 Å². The SMILES string of the molecule is c1ccc(-c2ccc(C3N=C(c4ccc(-c5c6ccccc6c(-c6cccc7ccccc67)c6ccc7ccccc7c56)cc4)NC(c4ccccc4-c4ccccc4)N3)cc2)cc1. The van der Waals surface area contributed by atoms with Crippen molar-refractivity contribution in [3.05, 3.63) is 253 Å². The van der Waals surface area contributed by atoms with Crippen molar-refractivity contribution in [1.29, 1.82) is 0 Å². The number of amidine groups is 1. The monoisotopic (exact) mass is 817 g/mol. The molecule has 0 bridgehead atoms. The number of hydrogen-bond donors (Lipinski definition) is 2. The molecule has 2 N–H and O–H groups in total. The first-order chi connectivity index (χ1) is 31.7. The third kappa shape index (κ3) is 6.62. The highest BCUT2D eigenvalue weighted by Gasteiger charge is 2.28. The lowest BCUT2D eigenvalue weighted by Crippen LogP contribution is -2.45. The van der Waals surface area contributed by atoms with Gasteiger partial charge in [0.1, 0.15) is 18.2 Å². The molecule has 12 rings (SSSR count). The highest BCUT2D eigenvalue weighted by Crippen LogP contribution is 2.47. The summed E-state index contributed by atoms with van der Waals surface area (Å²) in [6.07, 6.45) is -0.487. The molecule has 302 valence electrons. The summed E-state index contributed by atoms with van der Waals surface area (Å²) in [7, 11) is 0. The van der Waals surface area contributed by atoms with Crippen LogP contribution in [0, 0.1) is 0 Å². The van der Waals surface area contributed by atoms with Crippen LogP contribution >= 0.6 is 0 Å². The van der Waals surface area contributed by atoms with Gasteiger partial charge in [-0.25, -0.2) is 4.99 Å². The fraction of sp³-hybridized carbons (Fsp3) is 0.0328. The molecule has 11 aromatic carbocycles. The van der Waals surface area contributed by atoms with Gasteiger partial charge in [0.25, 0.3) is 0 Å². The van der Waals surface area contributed by atoms with Crippen molar-refractivity contribution in [2.45, 2.75) is 12.3 Å². The lowest BCUT2D eigenvalue weighted by molar-refractivity contribution is 0.409. The third-order valence-corrected chi connectivity index (χ3v) is 13.0. The molecule has 0 radical (unpaired) electrons. The topological polar surface area (TPSA) is 36.4 Å². The summed E-state index contributed by atoms with van der Waals surface area (Å²) in [5.74, 6) is 0.849. The van der Waals surface area contributed by atoms with Crippen LogP contribution in [0.4, 0.5) is 0 Å². The predicted octanol–water partition coefficient (Wildman–Crippen LogP) is 15.3. The van der Waals surface area contributed by atoms with Gasteiger partial charge in [-0.05, 0) is 98.7 Å². The molecule has 11 aromatic rings. The van der Waals surface area contributed by atoms with Crippen molar-refractivity contribution in [3.63, 3.8) is 0 Å². The van der Waals surface area contributed by atoms with Crippen LogP contribution in [0.15, 0.2) is 242 Å². The van der Waals surface area contributed by atoms with Crippen molar-refractivity contribution in [3.8, 4) is 44.5 Å². The molecular weight excluding hydrogens is 775 g/mol. The van der Waals surface area contributed by atoms with Crippen molar-refractivity contribution < 1.29 is 0 Å². The Hall–Kier alpha value is -8.11. The molecule has 3 heteroatoms. The predicted molar refractivity (Wildman–Crippen MR) is 269 cm³/mol. The number of nitrogens with zero attached hydrogens (tertiary/aromatic N) is 1. The van der Waals surface area contributed by atoms with Gasteiger partial charge in [-0.1, -0.05) is 237 Å². The van der Waals surface area contributed by atoms with Gasteiger partial charge in [-0.15, -0.1) is 0 Å². The highest BCUT2D eigenvalue weighted by molar-refractivity contribution is 6.29. The van der Waals surface area contributed by atoms with Crippen LogP contribution in [-0.2, 0) is 0 Å². The Morgan fingerprint density at radius 1 is 0.328 bits per heavy atom. The van der Waals surface area contributed by atoms with Gasteiger partial charge < -0.3 is 5.32 Å². The van der Waals surface area contributed by atoms with Gasteiger partial charge in [0, 0.05) is 5.56 Å². The molecule has 0 amide bonds. The second-order valence-corrected chi connectivity index (χ2v) is 16.7. The Morgan fingerprint density at radius 3 is 1.61 bits per heavy atom. The Bertz CT molecular complexity index is 3530. The average molecular weight is 818 g/mol. The van der Waals surface area contributed by atoms with Gasteiger partial charge in [0.15, 0.2) is 0 Å². The van der Waals surface area contributed by atoms with E-state index in [0.717, 1.165) is 17.0 Å². The van der Waals surface area contributed by atoms with E-state index < -0.39 is 0 Å². The molecule has 0 fully saturated rings. The first-order valence-corrected chi connectivity index (χ1v) is 22.1.